The molecule has 1 saturated carbocycles. The highest BCUT2D eigenvalue weighted by Gasteiger charge is 2.29. The van der Waals surface area contributed by atoms with E-state index in [1.165, 1.54) is 6.42 Å². The lowest BCUT2D eigenvalue weighted by Crippen LogP contribution is -2.28. The molecule has 0 amide bonds. The molecule has 82 valence electrons. The Morgan fingerprint density at radius 1 is 1.40 bits per heavy atom. The molecule has 0 aromatic heterocycles. The van der Waals surface area contributed by atoms with Gasteiger partial charge in [-0.05, 0) is 47.4 Å². The summed E-state index contributed by atoms with van der Waals surface area (Å²) in [4.78, 5) is 0. The number of halogens is 2. The molecule has 3 heteroatoms. The predicted molar refractivity (Wildman–Crippen MR) is 63.5 cm³/mol. The Balaban J connectivity index is 2.32. The Morgan fingerprint density at radius 2 is 2.20 bits per heavy atom. The Morgan fingerprint density at radius 3 is 2.93 bits per heavy atom. The molecule has 0 bridgehead atoms. The van der Waals surface area contributed by atoms with Gasteiger partial charge in [0.15, 0.2) is 0 Å². The van der Waals surface area contributed by atoms with Crippen molar-refractivity contribution in [2.45, 2.75) is 31.2 Å². The van der Waals surface area contributed by atoms with E-state index in [-0.39, 0.29) is 5.82 Å². The predicted octanol–water partition coefficient (Wildman–Crippen LogP) is 3.44. The molecule has 1 aromatic rings. The fourth-order valence-corrected chi connectivity index (χ4v) is 2.87. The lowest BCUT2D eigenvalue weighted by molar-refractivity contribution is 0.495. The van der Waals surface area contributed by atoms with Gasteiger partial charge in [0.2, 0.25) is 0 Å². The van der Waals surface area contributed by atoms with E-state index >= 15 is 0 Å². The molecular weight excluding hydrogens is 257 g/mol. The van der Waals surface area contributed by atoms with E-state index < -0.39 is 0 Å². The van der Waals surface area contributed by atoms with E-state index in [1.54, 1.807) is 6.07 Å². The van der Waals surface area contributed by atoms with Gasteiger partial charge in [-0.15, -0.1) is 0 Å². The van der Waals surface area contributed by atoms with E-state index in [1.807, 2.05) is 19.2 Å². The smallest absolute Gasteiger partial charge is 0.140 e. The Kier molecular flexibility index (Phi) is 3.42. The van der Waals surface area contributed by atoms with E-state index in [2.05, 4.69) is 21.2 Å². The molecule has 0 aliphatic heterocycles. The molecule has 0 spiro atoms. The molecule has 0 radical (unpaired) electrons. The van der Waals surface area contributed by atoms with Gasteiger partial charge in [0.1, 0.15) is 5.82 Å². The van der Waals surface area contributed by atoms with Crippen LogP contribution >= 0.6 is 15.9 Å². The topological polar surface area (TPSA) is 12.0 Å². The fourth-order valence-electron chi connectivity index (χ4n) is 2.48. The molecule has 1 aliphatic rings. The molecule has 1 aromatic carbocycles. The summed E-state index contributed by atoms with van der Waals surface area (Å²) in [6.07, 6.45) is 3.41. The minimum absolute atomic E-state index is 0.0929. The number of benzene rings is 1. The van der Waals surface area contributed by atoms with Crippen molar-refractivity contribution in [1.82, 2.24) is 5.32 Å². The average molecular weight is 272 g/mol. The highest BCUT2D eigenvalue weighted by Crippen LogP contribution is 2.37. The molecule has 1 N–H and O–H groups in total. The summed E-state index contributed by atoms with van der Waals surface area (Å²) < 4.78 is 14.5. The van der Waals surface area contributed by atoms with Gasteiger partial charge in [-0.3, -0.25) is 0 Å². The monoisotopic (exact) mass is 271 g/mol. The molecule has 15 heavy (non-hydrogen) atoms. The molecule has 2 rings (SSSR count). The van der Waals surface area contributed by atoms with Crippen LogP contribution in [0.3, 0.4) is 0 Å². The maximum absolute atomic E-state index is 13.9. The number of rotatable bonds is 2. The largest absolute Gasteiger partial charge is 0.316 e. The summed E-state index contributed by atoms with van der Waals surface area (Å²) in [6, 6.07) is 5.99. The van der Waals surface area contributed by atoms with Crippen LogP contribution in [0, 0.1) is 5.82 Å². The number of hydrogen-bond donors (Lipinski definition) is 1. The normalized spacial score (nSPS) is 25.8. The fraction of sp³-hybridized carbons (Fsp3) is 0.500. The molecule has 1 fully saturated rings. The van der Waals surface area contributed by atoms with E-state index in [0.29, 0.717) is 16.4 Å². The molecule has 0 saturated heterocycles. The van der Waals surface area contributed by atoms with Gasteiger partial charge >= 0.3 is 0 Å². The van der Waals surface area contributed by atoms with Crippen molar-refractivity contribution in [2.75, 3.05) is 7.05 Å². The third-order valence-corrected chi connectivity index (χ3v) is 3.88. The minimum atomic E-state index is -0.0929. The molecule has 2 atom stereocenters. The van der Waals surface area contributed by atoms with Crippen LogP contribution < -0.4 is 5.32 Å². The first-order chi connectivity index (χ1) is 7.24. The second-order valence-electron chi connectivity index (χ2n) is 4.08. The van der Waals surface area contributed by atoms with Crippen molar-refractivity contribution in [3.8, 4) is 0 Å². The zero-order valence-electron chi connectivity index (χ0n) is 8.76. The highest BCUT2D eigenvalue weighted by atomic mass is 79.9. The summed E-state index contributed by atoms with van der Waals surface area (Å²) in [5.41, 5.74) is 0.848. The van der Waals surface area contributed by atoms with Crippen LogP contribution in [0.25, 0.3) is 0 Å². The van der Waals surface area contributed by atoms with E-state index in [0.717, 1.165) is 18.4 Å². The zero-order valence-corrected chi connectivity index (χ0v) is 10.3. The summed E-state index contributed by atoms with van der Waals surface area (Å²) in [5, 5.41) is 3.28. The zero-order chi connectivity index (χ0) is 10.8. The van der Waals surface area contributed by atoms with Gasteiger partial charge < -0.3 is 5.32 Å². The van der Waals surface area contributed by atoms with Crippen molar-refractivity contribution >= 4 is 15.9 Å². The standard InChI is InChI=1S/C12H15BrFN/c1-15-11-7-3-4-8(11)9-5-2-6-10(13)12(9)14/h2,5-6,8,11,15H,3-4,7H2,1H3. The summed E-state index contributed by atoms with van der Waals surface area (Å²) in [7, 11) is 1.96. The molecule has 1 nitrogen and oxygen atoms in total. The van der Waals surface area contributed by atoms with Gasteiger partial charge in [-0.1, -0.05) is 18.6 Å². The summed E-state index contributed by atoms with van der Waals surface area (Å²) in [5.74, 6) is 0.233. The van der Waals surface area contributed by atoms with Crippen LogP contribution in [0.2, 0.25) is 0 Å². The van der Waals surface area contributed by atoms with Crippen molar-refractivity contribution in [2.24, 2.45) is 0 Å². The molecule has 2 unspecified atom stereocenters. The lowest BCUT2D eigenvalue weighted by atomic mass is 9.94. The molecular formula is C12H15BrFN. The third-order valence-electron chi connectivity index (χ3n) is 3.27. The van der Waals surface area contributed by atoms with E-state index in [4.69, 9.17) is 0 Å². The lowest BCUT2D eigenvalue weighted by Gasteiger charge is -2.20. The summed E-state index contributed by atoms with van der Waals surface area (Å²) >= 11 is 3.24. The Labute approximate surface area is 98.2 Å². The van der Waals surface area contributed by atoms with E-state index in [9.17, 15) is 4.39 Å². The van der Waals surface area contributed by atoms with Gasteiger partial charge in [0.05, 0.1) is 4.47 Å². The van der Waals surface area contributed by atoms with Gasteiger partial charge in [-0.25, -0.2) is 4.39 Å². The van der Waals surface area contributed by atoms with Gasteiger partial charge in [-0.2, -0.15) is 0 Å². The first-order valence-corrected chi connectivity index (χ1v) is 6.14. The maximum Gasteiger partial charge on any atom is 0.140 e. The number of nitrogens with one attached hydrogen (secondary N) is 1. The second kappa shape index (κ2) is 4.62. The second-order valence-corrected chi connectivity index (χ2v) is 4.93. The van der Waals surface area contributed by atoms with Crippen LogP contribution in [0.15, 0.2) is 22.7 Å². The molecule has 1 aliphatic carbocycles. The van der Waals surface area contributed by atoms with Crippen molar-refractivity contribution in [3.05, 3.63) is 34.1 Å². The van der Waals surface area contributed by atoms with Crippen LogP contribution in [0.1, 0.15) is 30.7 Å². The van der Waals surface area contributed by atoms with Crippen LogP contribution in [0.5, 0.6) is 0 Å². The minimum Gasteiger partial charge on any atom is -0.316 e. The Hall–Kier alpha value is -0.410. The van der Waals surface area contributed by atoms with Crippen LogP contribution in [-0.2, 0) is 0 Å². The molecule has 0 heterocycles. The van der Waals surface area contributed by atoms with Gasteiger partial charge in [0.25, 0.3) is 0 Å². The highest BCUT2D eigenvalue weighted by molar-refractivity contribution is 9.10. The SMILES string of the molecule is CNC1CCCC1c1cccc(Br)c1F. The van der Waals surface area contributed by atoms with Crippen molar-refractivity contribution in [3.63, 3.8) is 0 Å². The number of hydrogen-bond acceptors (Lipinski definition) is 1. The van der Waals surface area contributed by atoms with Crippen molar-refractivity contribution in [1.29, 1.82) is 0 Å². The first kappa shape index (κ1) is 11.1. The number of likely N-dealkylation sites (N-methyl/N-ethyl adjacent to an activating group) is 1. The quantitative estimate of drug-likeness (QED) is 0.869. The van der Waals surface area contributed by atoms with Crippen molar-refractivity contribution < 1.29 is 4.39 Å². The van der Waals surface area contributed by atoms with Crippen LogP contribution in [-0.4, -0.2) is 13.1 Å². The Bertz CT molecular complexity index is 353. The summed E-state index contributed by atoms with van der Waals surface area (Å²) in [6.45, 7) is 0. The maximum atomic E-state index is 13.9. The average Bonchev–Trinajstić information content (AvgIpc) is 2.70. The third kappa shape index (κ3) is 2.08. The van der Waals surface area contributed by atoms with Gasteiger partial charge in [0, 0.05) is 12.0 Å². The first-order valence-electron chi connectivity index (χ1n) is 5.35. The van der Waals surface area contributed by atoms with Crippen LogP contribution in [0.4, 0.5) is 4.39 Å².